The molecule has 32 heavy (non-hydrogen) atoms. The monoisotopic (exact) mass is 442 g/mol. The molecule has 0 bridgehead atoms. The molecule has 0 N–H and O–H groups in total. The highest BCUT2D eigenvalue weighted by molar-refractivity contribution is 6.01. The summed E-state index contributed by atoms with van der Waals surface area (Å²) < 4.78 is 55.0. The van der Waals surface area contributed by atoms with Crippen LogP contribution < -0.4 is 0 Å². The third kappa shape index (κ3) is 4.80. The fraction of sp³-hybridized carbons (Fsp3) is 0.167. The van der Waals surface area contributed by atoms with Gasteiger partial charge in [0.25, 0.3) is 5.91 Å². The van der Waals surface area contributed by atoms with Crippen LogP contribution in [0.25, 0.3) is 0 Å². The molecule has 3 aromatic rings. The second-order valence-electron chi connectivity index (χ2n) is 7.38. The fourth-order valence-corrected chi connectivity index (χ4v) is 3.46. The SMILES string of the molecule is O=C(c1ccccc1F)N(Cc1ccc(F)cc1F)CC1CC(c2ccc(F)cc2)=NO1. The van der Waals surface area contributed by atoms with Crippen molar-refractivity contribution in [3.8, 4) is 0 Å². The molecule has 1 amide bonds. The maximum Gasteiger partial charge on any atom is 0.257 e. The third-order valence-corrected chi connectivity index (χ3v) is 5.10. The molecule has 4 rings (SSSR count). The summed E-state index contributed by atoms with van der Waals surface area (Å²) in [4.78, 5) is 19.8. The molecule has 0 radical (unpaired) electrons. The molecule has 1 aliphatic heterocycles. The number of nitrogens with zero attached hydrogens (tertiary/aromatic N) is 2. The highest BCUT2D eigenvalue weighted by atomic mass is 19.1. The number of benzene rings is 3. The Morgan fingerprint density at radius 2 is 1.66 bits per heavy atom. The molecule has 0 spiro atoms. The lowest BCUT2D eigenvalue weighted by atomic mass is 10.0. The third-order valence-electron chi connectivity index (χ3n) is 5.10. The van der Waals surface area contributed by atoms with E-state index in [1.807, 2.05) is 0 Å². The van der Waals surface area contributed by atoms with Gasteiger partial charge in [-0.2, -0.15) is 0 Å². The van der Waals surface area contributed by atoms with Crippen LogP contribution in [0.5, 0.6) is 0 Å². The summed E-state index contributed by atoms with van der Waals surface area (Å²) in [7, 11) is 0. The Morgan fingerprint density at radius 3 is 2.38 bits per heavy atom. The molecular formula is C24H18F4N2O2. The molecule has 1 heterocycles. The van der Waals surface area contributed by atoms with E-state index in [1.54, 1.807) is 12.1 Å². The van der Waals surface area contributed by atoms with Crippen molar-refractivity contribution in [2.24, 2.45) is 5.16 Å². The van der Waals surface area contributed by atoms with Crippen LogP contribution in [0.15, 0.2) is 71.9 Å². The van der Waals surface area contributed by atoms with Crippen LogP contribution in [0.2, 0.25) is 0 Å². The minimum Gasteiger partial charge on any atom is -0.390 e. The van der Waals surface area contributed by atoms with Crippen molar-refractivity contribution < 1.29 is 27.2 Å². The summed E-state index contributed by atoms with van der Waals surface area (Å²) in [6, 6.07) is 14.3. The predicted molar refractivity (Wildman–Crippen MR) is 110 cm³/mol. The lowest BCUT2D eigenvalue weighted by Gasteiger charge is -2.25. The highest BCUT2D eigenvalue weighted by Crippen LogP contribution is 2.22. The van der Waals surface area contributed by atoms with Crippen molar-refractivity contribution in [2.75, 3.05) is 6.54 Å². The number of oxime groups is 1. The molecule has 1 aliphatic rings. The summed E-state index contributed by atoms with van der Waals surface area (Å²) in [6.07, 6.45) is -0.257. The van der Waals surface area contributed by atoms with Crippen molar-refractivity contribution in [3.63, 3.8) is 0 Å². The molecule has 1 atom stereocenters. The van der Waals surface area contributed by atoms with Gasteiger partial charge in [-0.1, -0.05) is 35.5 Å². The average molecular weight is 442 g/mol. The molecule has 3 aromatic carbocycles. The summed E-state index contributed by atoms with van der Waals surface area (Å²) in [6.45, 7) is -0.233. The quantitative estimate of drug-likeness (QED) is 0.500. The van der Waals surface area contributed by atoms with E-state index in [2.05, 4.69) is 5.16 Å². The van der Waals surface area contributed by atoms with Gasteiger partial charge in [0.05, 0.1) is 17.8 Å². The second-order valence-corrected chi connectivity index (χ2v) is 7.38. The lowest BCUT2D eigenvalue weighted by Crippen LogP contribution is -2.38. The molecule has 4 nitrogen and oxygen atoms in total. The smallest absolute Gasteiger partial charge is 0.257 e. The summed E-state index contributed by atoms with van der Waals surface area (Å²) >= 11 is 0. The van der Waals surface area contributed by atoms with E-state index < -0.39 is 29.5 Å². The number of rotatable bonds is 6. The van der Waals surface area contributed by atoms with Gasteiger partial charge in [0.15, 0.2) is 6.10 Å². The number of amides is 1. The van der Waals surface area contributed by atoms with Gasteiger partial charge < -0.3 is 9.74 Å². The molecule has 0 fully saturated rings. The molecule has 164 valence electrons. The Labute approximate surface area is 181 Å². The lowest BCUT2D eigenvalue weighted by molar-refractivity contribution is 0.0400. The number of carbonyl (C=O) groups excluding carboxylic acids is 1. The van der Waals surface area contributed by atoms with Crippen molar-refractivity contribution in [1.82, 2.24) is 4.90 Å². The van der Waals surface area contributed by atoms with Gasteiger partial charge in [0.1, 0.15) is 23.3 Å². The molecule has 0 saturated heterocycles. The minimum atomic E-state index is -0.813. The molecule has 0 aromatic heterocycles. The van der Waals surface area contributed by atoms with E-state index in [4.69, 9.17) is 4.84 Å². The Balaban J connectivity index is 1.55. The fourth-order valence-electron chi connectivity index (χ4n) is 3.46. The van der Waals surface area contributed by atoms with Crippen LogP contribution in [-0.2, 0) is 11.4 Å². The van der Waals surface area contributed by atoms with Gasteiger partial charge in [-0.15, -0.1) is 0 Å². The minimum absolute atomic E-state index is 0.0157. The van der Waals surface area contributed by atoms with Gasteiger partial charge in [-0.25, -0.2) is 17.6 Å². The second kappa shape index (κ2) is 9.21. The first kappa shape index (κ1) is 21.5. The van der Waals surface area contributed by atoms with Crippen molar-refractivity contribution in [3.05, 3.63) is 107 Å². The Kier molecular flexibility index (Phi) is 6.20. The number of carbonyl (C=O) groups is 1. The van der Waals surface area contributed by atoms with Crippen molar-refractivity contribution in [1.29, 1.82) is 0 Å². The average Bonchev–Trinajstić information content (AvgIpc) is 3.24. The molecule has 8 heteroatoms. The summed E-state index contributed by atoms with van der Waals surface area (Å²) in [5, 5.41) is 4.01. The zero-order chi connectivity index (χ0) is 22.7. The van der Waals surface area contributed by atoms with Gasteiger partial charge in [0.2, 0.25) is 0 Å². The zero-order valence-electron chi connectivity index (χ0n) is 16.8. The maximum atomic E-state index is 14.2. The molecular weight excluding hydrogens is 424 g/mol. The molecule has 1 unspecified atom stereocenters. The zero-order valence-corrected chi connectivity index (χ0v) is 16.8. The summed E-state index contributed by atoms with van der Waals surface area (Å²) in [5.41, 5.74) is 1.15. The van der Waals surface area contributed by atoms with Crippen molar-refractivity contribution in [2.45, 2.75) is 19.1 Å². The Bertz CT molecular complexity index is 1160. The Morgan fingerprint density at radius 1 is 0.938 bits per heavy atom. The standard InChI is InChI=1S/C24H18F4N2O2/c25-17-8-5-15(6-9-17)23-12-19(32-29-23)14-30(13-16-7-10-18(26)11-22(16)28)24(31)20-3-1-2-4-21(20)27/h1-11,19H,12-14H2. The van der Waals surface area contributed by atoms with Gasteiger partial charge >= 0.3 is 0 Å². The van der Waals surface area contributed by atoms with Crippen molar-refractivity contribution >= 4 is 11.6 Å². The number of halogens is 4. The molecule has 0 aliphatic carbocycles. The van der Waals surface area contributed by atoms with Crippen LogP contribution in [0.1, 0.15) is 27.9 Å². The predicted octanol–water partition coefficient (Wildman–Crippen LogP) is 5.08. The van der Waals surface area contributed by atoms with E-state index in [0.29, 0.717) is 17.7 Å². The first-order valence-corrected chi connectivity index (χ1v) is 9.87. The van der Waals surface area contributed by atoms with E-state index in [-0.39, 0.29) is 30.0 Å². The summed E-state index contributed by atoms with van der Waals surface area (Å²) in [5.74, 6) is -3.31. The maximum absolute atomic E-state index is 14.2. The normalized spacial score (nSPS) is 15.2. The van der Waals surface area contributed by atoms with Crippen LogP contribution >= 0.6 is 0 Å². The van der Waals surface area contributed by atoms with E-state index in [9.17, 15) is 22.4 Å². The van der Waals surface area contributed by atoms with Gasteiger partial charge in [-0.3, -0.25) is 4.79 Å². The largest absolute Gasteiger partial charge is 0.390 e. The van der Waals surface area contributed by atoms with E-state index in [0.717, 1.165) is 18.2 Å². The Hall–Kier alpha value is -3.68. The van der Waals surface area contributed by atoms with Crippen LogP contribution in [-0.4, -0.2) is 29.2 Å². The topological polar surface area (TPSA) is 41.9 Å². The van der Waals surface area contributed by atoms with Gasteiger partial charge in [-0.05, 0) is 35.9 Å². The van der Waals surface area contributed by atoms with Crippen LogP contribution in [0.4, 0.5) is 17.6 Å². The van der Waals surface area contributed by atoms with E-state index in [1.165, 1.54) is 41.3 Å². The number of hydrogen-bond donors (Lipinski definition) is 0. The van der Waals surface area contributed by atoms with Gasteiger partial charge in [0, 0.05) is 24.6 Å². The van der Waals surface area contributed by atoms with E-state index >= 15 is 0 Å². The number of hydrogen-bond acceptors (Lipinski definition) is 3. The first-order chi connectivity index (χ1) is 15.4. The first-order valence-electron chi connectivity index (χ1n) is 9.87. The van der Waals surface area contributed by atoms with Crippen LogP contribution in [0, 0.1) is 23.3 Å². The highest BCUT2D eigenvalue weighted by Gasteiger charge is 2.29. The molecule has 0 saturated carbocycles. The van der Waals surface area contributed by atoms with Crippen LogP contribution in [0.3, 0.4) is 0 Å².